The Labute approximate surface area is 155 Å². The van der Waals surface area contributed by atoms with Crippen molar-refractivity contribution in [3.8, 4) is 0 Å². The van der Waals surface area contributed by atoms with Gasteiger partial charge in [-0.15, -0.1) is 11.8 Å². The Morgan fingerprint density at radius 2 is 1.92 bits per heavy atom. The molecular formula is C17H28N4O2S2. The van der Waals surface area contributed by atoms with E-state index in [0.29, 0.717) is 19.5 Å². The second kappa shape index (κ2) is 9.45. The quantitative estimate of drug-likeness (QED) is 0.326. The average Bonchev–Trinajstić information content (AvgIpc) is 3.38. The molecule has 1 fully saturated rings. The molecule has 0 radical (unpaired) electrons. The highest BCUT2D eigenvalue weighted by molar-refractivity contribution is 8.01. The van der Waals surface area contributed by atoms with E-state index in [-0.39, 0.29) is 10.5 Å². The van der Waals surface area contributed by atoms with Crippen molar-refractivity contribution in [1.29, 1.82) is 0 Å². The van der Waals surface area contributed by atoms with Crippen LogP contribution in [0.3, 0.4) is 0 Å². The molecule has 1 aliphatic rings. The number of sulfonamides is 1. The van der Waals surface area contributed by atoms with E-state index in [1.54, 1.807) is 14.0 Å². The lowest BCUT2D eigenvalue weighted by atomic mass is 10.4. The molecule has 2 rings (SSSR count). The largest absolute Gasteiger partial charge is 0.356 e. The topological polar surface area (TPSA) is 82.6 Å². The molecule has 8 heteroatoms. The second-order valence-electron chi connectivity index (χ2n) is 6.10. The summed E-state index contributed by atoms with van der Waals surface area (Å²) in [6, 6.07) is 10.5. The van der Waals surface area contributed by atoms with Gasteiger partial charge in [-0.05, 0) is 38.3 Å². The van der Waals surface area contributed by atoms with Crippen molar-refractivity contribution < 1.29 is 8.42 Å². The van der Waals surface area contributed by atoms with Gasteiger partial charge in [0.2, 0.25) is 10.0 Å². The predicted octanol–water partition coefficient (Wildman–Crippen LogP) is 1.81. The Kier molecular flexibility index (Phi) is 7.58. The zero-order valence-corrected chi connectivity index (χ0v) is 16.5. The van der Waals surface area contributed by atoms with Crippen LogP contribution in [0.4, 0.5) is 0 Å². The molecule has 0 aliphatic heterocycles. The van der Waals surface area contributed by atoms with Crippen molar-refractivity contribution in [2.75, 3.05) is 32.4 Å². The molecule has 0 atom stereocenters. The standard InChI is InChI=1S/C17H28N4O2S2/c1-3-25(22,23)21-13-7-12-19-16(18-2)20-14-17(10-11-17)24-15-8-5-4-6-9-15/h4-6,8-9,21H,3,7,10-14H2,1-2H3,(H2,18,19,20). The highest BCUT2D eigenvalue weighted by Crippen LogP contribution is 2.51. The van der Waals surface area contributed by atoms with Crippen LogP contribution in [0, 0.1) is 0 Å². The SMILES string of the molecule is CCS(=O)(=O)NCCCNC(=NC)NCC1(Sc2ccccc2)CC1. The summed E-state index contributed by atoms with van der Waals surface area (Å²) in [5.41, 5.74) is 0. The Bertz CT molecular complexity index is 658. The van der Waals surface area contributed by atoms with Crippen LogP contribution < -0.4 is 15.4 Å². The summed E-state index contributed by atoms with van der Waals surface area (Å²) in [7, 11) is -1.35. The third kappa shape index (κ3) is 7.25. The summed E-state index contributed by atoms with van der Waals surface area (Å²) in [6.07, 6.45) is 3.12. The molecule has 140 valence electrons. The molecule has 3 N–H and O–H groups in total. The summed E-state index contributed by atoms with van der Waals surface area (Å²) in [6.45, 7) is 3.61. The fourth-order valence-corrected chi connectivity index (χ4v) is 4.19. The minimum Gasteiger partial charge on any atom is -0.356 e. The van der Waals surface area contributed by atoms with Gasteiger partial charge in [0.1, 0.15) is 0 Å². The van der Waals surface area contributed by atoms with E-state index in [9.17, 15) is 8.42 Å². The average molecular weight is 385 g/mol. The summed E-state index contributed by atoms with van der Waals surface area (Å²) in [5.74, 6) is 0.878. The van der Waals surface area contributed by atoms with Crippen molar-refractivity contribution in [3.63, 3.8) is 0 Å². The summed E-state index contributed by atoms with van der Waals surface area (Å²) < 4.78 is 25.5. The fraction of sp³-hybridized carbons (Fsp3) is 0.588. The molecule has 0 aromatic heterocycles. The minimum atomic E-state index is -3.10. The van der Waals surface area contributed by atoms with Crippen molar-refractivity contribution in [3.05, 3.63) is 30.3 Å². The van der Waals surface area contributed by atoms with Crippen molar-refractivity contribution in [2.45, 2.75) is 35.8 Å². The van der Waals surface area contributed by atoms with Crippen LogP contribution in [0.25, 0.3) is 0 Å². The monoisotopic (exact) mass is 384 g/mol. The van der Waals surface area contributed by atoms with E-state index in [4.69, 9.17) is 0 Å². The molecule has 6 nitrogen and oxygen atoms in total. The van der Waals surface area contributed by atoms with Crippen LogP contribution in [0.15, 0.2) is 40.2 Å². The number of aliphatic imine (C=N–C) groups is 1. The van der Waals surface area contributed by atoms with Gasteiger partial charge < -0.3 is 10.6 Å². The maximum atomic E-state index is 11.4. The van der Waals surface area contributed by atoms with E-state index >= 15 is 0 Å². The number of nitrogens with one attached hydrogen (secondary N) is 3. The number of nitrogens with zero attached hydrogens (tertiary/aromatic N) is 1. The first-order chi connectivity index (χ1) is 12.0. The Morgan fingerprint density at radius 3 is 2.52 bits per heavy atom. The Balaban J connectivity index is 1.67. The molecule has 1 aliphatic carbocycles. The van der Waals surface area contributed by atoms with Gasteiger partial charge in [0.15, 0.2) is 5.96 Å². The Hall–Kier alpha value is -1.25. The number of benzene rings is 1. The lowest BCUT2D eigenvalue weighted by Gasteiger charge is -2.18. The number of hydrogen-bond donors (Lipinski definition) is 3. The summed E-state index contributed by atoms with van der Waals surface area (Å²) >= 11 is 1.92. The molecule has 0 bridgehead atoms. The molecule has 0 spiro atoms. The first kappa shape index (κ1) is 20.1. The van der Waals surface area contributed by atoms with E-state index < -0.39 is 10.0 Å². The fourth-order valence-electron chi connectivity index (χ4n) is 2.28. The molecule has 0 heterocycles. The lowest BCUT2D eigenvalue weighted by Crippen LogP contribution is -2.42. The van der Waals surface area contributed by atoms with E-state index in [1.165, 1.54) is 17.7 Å². The van der Waals surface area contributed by atoms with Crippen LogP contribution in [-0.2, 0) is 10.0 Å². The van der Waals surface area contributed by atoms with Gasteiger partial charge >= 0.3 is 0 Å². The third-order valence-electron chi connectivity index (χ3n) is 4.03. The van der Waals surface area contributed by atoms with E-state index in [0.717, 1.165) is 12.5 Å². The molecule has 0 saturated heterocycles. The van der Waals surface area contributed by atoms with Gasteiger partial charge in [0.05, 0.1) is 5.75 Å². The zero-order valence-electron chi connectivity index (χ0n) is 14.9. The van der Waals surface area contributed by atoms with Gasteiger partial charge in [0, 0.05) is 36.3 Å². The van der Waals surface area contributed by atoms with Crippen LogP contribution >= 0.6 is 11.8 Å². The number of hydrogen-bond acceptors (Lipinski definition) is 4. The third-order valence-corrected chi connectivity index (χ3v) is 6.93. The molecule has 1 saturated carbocycles. The summed E-state index contributed by atoms with van der Waals surface area (Å²) in [5, 5.41) is 6.62. The van der Waals surface area contributed by atoms with Crippen LogP contribution in [0.5, 0.6) is 0 Å². The highest BCUT2D eigenvalue weighted by Gasteiger charge is 2.43. The Morgan fingerprint density at radius 1 is 1.20 bits per heavy atom. The van der Waals surface area contributed by atoms with Crippen LogP contribution in [-0.4, -0.2) is 51.6 Å². The summed E-state index contributed by atoms with van der Waals surface area (Å²) in [4.78, 5) is 5.53. The number of guanidine groups is 1. The molecule has 0 unspecified atom stereocenters. The van der Waals surface area contributed by atoms with Gasteiger partial charge in [-0.2, -0.15) is 0 Å². The first-order valence-corrected chi connectivity index (χ1v) is 11.1. The maximum Gasteiger partial charge on any atom is 0.211 e. The van der Waals surface area contributed by atoms with Gasteiger partial charge in [-0.25, -0.2) is 13.1 Å². The lowest BCUT2D eigenvalue weighted by molar-refractivity contribution is 0.579. The van der Waals surface area contributed by atoms with Crippen molar-refractivity contribution in [2.24, 2.45) is 4.99 Å². The zero-order chi connectivity index (χ0) is 18.2. The normalized spacial score (nSPS) is 16.5. The van der Waals surface area contributed by atoms with E-state index in [1.807, 2.05) is 17.8 Å². The van der Waals surface area contributed by atoms with Crippen LogP contribution in [0.1, 0.15) is 26.2 Å². The van der Waals surface area contributed by atoms with Gasteiger partial charge in [-0.1, -0.05) is 18.2 Å². The predicted molar refractivity (Wildman–Crippen MR) is 106 cm³/mol. The highest BCUT2D eigenvalue weighted by atomic mass is 32.2. The van der Waals surface area contributed by atoms with Gasteiger partial charge in [-0.3, -0.25) is 4.99 Å². The molecule has 25 heavy (non-hydrogen) atoms. The maximum absolute atomic E-state index is 11.4. The molecule has 1 aromatic carbocycles. The van der Waals surface area contributed by atoms with Gasteiger partial charge in [0.25, 0.3) is 0 Å². The smallest absolute Gasteiger partial charge is 0.211 e. The minimum absolute atomic E-state index is 0.116. The van der Waals surface area contributed by atoms with Crippen molar-refractivity contribution in [1.82, 2.24) is 15.4 Å². The molecule has 1 aromatic rings. The first-order valence-electron chi connectivity index (χ1n) is 8.64. The number of thioether (sulfide) groups is 1. The second-order valence-corrected chi connectivity index (χ2v) is 9.74. The van der Waals surface area contributed by atoms with Crippen molar-refractivity contribution >= 4 is 27.7 Å². The van der Waals surface area contributed by atoms with E-state index in [2.05, 4.69) is 44.6 Å². The van der Waals surface area contributed by atoms with Crippen LogP contribution in [0.2, 0.25) is 0 Å². The number of rotatable bonds is 10. The molecule has 0 amide bonds. The molecular weight excluding hydrogens is 356 g/mol.